The maximum Gasteiger partial charge on any atom is 0.220 e. The van der Waals surface area contributed by atoms with Crippen LogP contribution in [0, 0.1) is 23.7 Å². The Hall–Kier alpha value is -0.0300. The molecule has 2 aliphatic rings. The molecule has 26 heavy (non-hydrogen) atoms. The van der Waals surface area contributed by atoms with Crippen molar-refractivity contribution in [1.29, 1.82) is 0 Å². The molecule has 0 radical (unpaired) electrons. The van der Waals surface area contributed by atoms with Gasteiger partial charge in [0.15, 0.2) is 0 Å². The minimum atomic E-state index is 0. The predicted molar refractivity (Wildman–Crippen MR) is 115 cm³/mol. The van der Waals surface area contributed by atoms with Crippen LogP contribution in [0.5, 0.6) is 0 Å². The van der Waals surface area contributed by atoms with Gasteiger partial charge in [-0.3, -0.25) is 4.79 Å². The van der Waals surface area contributed by atoms with Crippen molar-refractivity contribution < 1.29 is 4.79 Å². The molecule has 1 amide bonds. The van der Waals surface area contributed by atoms with Gasteiger partial charge in [-0.25, -0.2) is 0 Å². The van der Waals surface area contributed by atoms with Gasteiger partial charge in [0.1, 0.15) is 0 Å². The van der Waals surface area contributed by atoms with Crippen molar-refractivity contribution in [2.24, 2.45) is 23.7 Å². The third-order valence-corrected chi connectivity index (χ3v) is 5.81. The highest BCUT2D eigenvalue weighted by molar-refractivity contribution is 5.85. The zero-order chi connectivity index (χ0) is 17.4. The quantitative estimate of drug-likeness (QED) is 0.600. The first-order chi connectivity index (χ1) is 11.5. The van der Waals surface area contributed by atoms with Gasteiger partial charge in [-0.2, -0.15) is 0 Å². The molecule has 156 valence electrons. The van der Waals surface area contributed by atoms with Gasteiger partial charge in [0.25, 0.3) is 0 Å². The summed E-state index contributed by atoms with van der Waals surface area (Å²) in [6.45, 7) is 13.7. The fourth-order valence-corrected chi connectivity index (χ4v) is 4.56. The van der Waals surface area contributed by atoms with E-state index in [1.807, 2.05) is 0 Å². The first-order valence-corrected chi connectivity index (χ1v) is 10.2. The molecule has 2 rings (SSSR count). The number of nitrogens with zero attached hydrogens (tertiary/aromatic N) is 1. The Balaban J connectivity index is 0.00000312. The topological polar surface area (TPSA) is 44.4 Å². The van der Waals surface area contributed by atoms with Crippen LogP contribution in [0.2, 0.25) is 0 Å². The van der Waals surface area contributed by atoms with Gasteiger partial charge in [-0.1, -0.05) is 20.8 Å². The summed E-state index contributed by atoms with van der Waals surface area (Å²) in [5.74, 6) is 3.09. The summed E-state index contributed by atoms with van der Waals surface area (Å²) < 4.78 is 0. The zero-order valence-electron chi connectivity index (χ0n) is 17.0. The van der Waals surface area contributed by atoms with Crippen LogP contribution in [-0.2, 0) is 4.79 Å². The van der Waals surface area contributed by atoms with Gasteiger partial charge >= 0.3 is 0 Å². The van der Waals surface area contributed by atoms with E-state index < -0.39 is 0 Å². The highest BCUT2D eigenvalue weighted by Crippen LogP contribution is 2.22. The highest BCUT2D eigenvalue weighted by Gasteiger charge is 2.22. The second kappa shape index (κ2) is 14.0. The average Bonchev–Trinajstić information content (AvgIpc) is 2.54. The van der Waals surface area contributed by atoms with Crippen LogP contribution in [-0.4, -0.2) is 50.1 Å². The molecule has 0 aliphatic carbocycles. The van der Waals surface area contributed by atoms with E-state index >= 15 is 0 Å². The highest BCUT2D eigenvalue weighted by atomic mass is 35.5. The first-order valence-electron chi connectivity index (χ1n) is 10.2. The van der Waals surface area contributed by atoms with E-state index in [1.165, 1.54) is 45.3 Å². The van der Waals surface area contributed by atoms with Gasteiger partial charge in [-0.05, 0) is 75.4 Å². The Morgan fingerprint density at radius 3 is 2.50 bits per heavy atom. The van der Waals surface area contributed by atoms with Crippen LogP contribution in [0.1, 0.15) is 59.3 Å². The predicted octanol–water partition coefficient (Wildman–Crippen LogP) is 3.73. The number of likely N-dealkylation sites (tertiary alicyclic amines) is 1. The largest absolute Gasteiger partial charge is 0.356 e. The van der Waals surface area contributed by atoms with Crippen molar-refractivity contribution in [3.05, 3.63) is 0 Å². The molecule has 2 N–H and O–H groups in total. The van der Waals surface area contributed by atoms with Crippen LogP contribution in [0.4, 0.5) is 0 Å². The van der Waals surface area contributed by atoms with E-state index in [9.17, 15) is 4.79 Å². The molecule has 0 aromatic rings. The molecule has 6 heteroatoms. The van der Waals surface area contributed by atoms with E-state index in [2.05, 4.69) is 36.3 Å². The van der Waals surface area contributed by atoms with Gasteiger partial charge in [0, 0.05) is 26.1 Å². The Bertz CT molecular complexity index is 368. The summed E-state index contributed by atoms with van der Waals surface area (Å²) in [5.41, 5.74) is 0. The molecule has 0 spiro atoms. The third kappa shape index (κ3) is 9.77. The molecule has 0 bridgehead atoms. The van der Waals surface area contributed by atoms with Crippen molar-refractivity contribution in [3.8, 4) is 0 Å². The number of amides is 1. The lowest BCUT2D eigenvalue weighted by Gasteiger charge is -2.34. The molecule has 0 aromatic carbocycles. The minimum absolute atomic E-state index is 0. The van der Waals surface area contributed by atoms with Crippen LogP contribution in [0.25, 0.3) is 0 Å². The summed E-state index contributed by atoms with van der Waals surface area (Å²) in [5, 5.41) is 6.58. The lowest BCUT2D eigenvalue weighted by molar-refractivity contribution is -0.122. The number of carbonyl (C=O) groups excluding carboxylic acids is 1. The number of nitrogens with one attached hydrogen (secondary N) is 2. The maximum atomic E-state index is 12.1. The zero-order valence-corrected chi connectivity index (χ0v) is 18.6. The smallest absolute Gasteiger partial charge is 0.220 e. The molecule has 4 atom stereocenters. The van der Waals surface area contributed by atoms with Crippen molar-refractivity contribution in [1.82, 2.24) is 15.5 Å². The summed E-state index contributed by atoms with van der Waals surface area (Å²) >= 11 is 0. The van der Waals surface area contributed by atoms with E-state index in [4.69, 9.17) is 0 Å². The third-order valence-electron chi connectivity index (χ3n) is 5.81. The lowest BCUT2D eigenvalue weighted by Crippen LogP contribution is -2.39. The van der Waals surface area contributed by atoms with Crippen LogP contribution >= 0.6 is 24.8 Å². The fraction of sp³-hybridized carbons (Fsp3) is 0.950. The van der Waals surface area contributed by atoms with Crippen molar-refractivity contribution in [2.45, 2.75) is 59.3 Å². The standard InChI is InChI=1S/C20H39N3O.2ClH/c1-16-11-17(2)15-23(14-16)10-5-4-9-22-20(24)12-18(3)19-7-6-8-21-13-19;;/h16-19,21H,4-15H2,1-3H3,(H,22,24);2*1H. The second-order valence-corrected chi connectivity index (χ2v) is 8.55. The first kappa shape index (κ1) is 26.0. The van der Waals surface area contributed by atoms with Gasteiger partial charge in [0.05, 0.1) is 0 Å². The van der Waals surface area contributed by atoms with E-state index in [0.29, 0.717) is 18.3 Å². The van der Waals surface area contributed by atoms with Crippen molar-refractivity contribution in [3.63, 3.8) is 0 Å². The number of unbranched alkanes of at least 4 members (excludes halogenated alkanes) is 1. The number of piperidine rings is 2. The Labute approximate surface area is 173 Å². The summed E-state index contributed by atoms with van der Waals surface area (Å²) in [6, 6.07) is 0. The Morgan fingerprint density at radius 1 is 1.19 bits per heavy atom. The molecule has 4 unspecified atom stereocenters. The molecule has 2 aliphatic heterocycles. The molecule has 0 aromatic heterocycles. The number of hydrogen-bond donors (Lipinski definition) is 2. The van der Waals surface area contributed by atoms with Gasteiger partial charge in [-0.15, -0.1) is 24.8 Å². The maximum absolute atomic E-state index is 12.1. The Kier molecular flexibility index (Phi) is 14.0. The second-order valence-electron chi connectivity index (χ2n) is 8.55. The van der Waals surface area contributed by atoms with E-state index in [-0.39, 0.29) is 30.7 Å². The van der Waals surface area contributed by atoms with E-state index in [1.54, 1.807) is 0 Å². The minimum Gasteiger partial charge on any atom is -0.356 e. The summed E-state index contributed by atoms with van der Waals surface area (Å²) in [6.07, 6.45) is 6.89. The lowest BCUT2D eigenvalue weighted by atomic mass is 9.85. The normalized spacial score (nSPS) is 27.7. The van der Waals surface area contributed by atoms with Gasteiger partial charge in [0.2, 0.25) is 5.91 Å². The molecule has 2 fully saturated rings. The molecule has 4 nitrogen and oxygen atoms in total. The van der Waals surface area contributed by atoms with Crippen LogP contribution in [0.15, 0.2) is 0 Å². The number of rotatable bonds is 8. The van der Waals surface area contributed by atoms with Crippen molar-refractivity contribution in [2.75, 3.05) is 39.3 Å². The molecule has 2 heterocycles. The molecule has 0 saturated carbocycles. The van der Waals surface area contributed by atoms with E-state index in [0.717, 1.165) is 37.9 Å². The number of carbonyl (C=O) groups is 1. The molecular formula is C20H41Cl2N3O. The fourth-order valence-electron chi connectivity index (χ4n) is 4.56. The summed E-state index contributed by atoms with van der Waals surface area (Å²) in [4.78, 5) is 14.7. The summed E-state index contributed by atoms with van der Waals surface area (Å²) in [7, 11) is 0. The van der Waals surface area contributed by atoms with Crippen LogP contribution < -0.4 is 10.6 Å². The molecule has 2 saturated heterocycles. The van der Waals surface area contributed by atoms with Gasteiger partial charge < -0.3 is 15.5 Å². The van der Waals surface area contributed by atoms with Crippen molar-refractivity contribution >= 4 is 30.7 Å². The van der Waals surface area contributed by atoms with Crippen LogP contribution in [0.3, 0.4) is 0 Å². The number of halogens is 2. The number of hydrogen-bond acceptors (Lipinski definition) is 3. The monoisotopic (exact) mass is 409 g/mol. The SMILES string of the molecule is CC1CC(C)CN(CCCCNC(=O)CC(C)C2CCCNC2)C1.Cl.Cl. The average molecular weight is 410 g/mol. The Morgan fingerprint density at radius 2 is 1.88 bits per heavy atom. The molecular weight excluding hydrogens is 369 g/mol.